The SMILES string of the molecule is CC(C)(C)OC(=O)Nc1cncc(C(O)C(F)(F)F)c1. The largest absolute Gasteiger partial charge is 0.444 e. The molecule has 0 fully saturated rings. The Morgan fingerprint density at radius 3 is 2.45 bits per heavy atom. The summed E-state index contributed by atoms with van der Waals surface area (Å²) in [6, 6.07) is 0.981. The Balaban J connectivity index is 2.82. The fourth-order valence-corrected chi connectivity index (χ4v) is 1.29. The van der Waals surface area contributed by atoms with Gasteiger partial charge in [-0.3, -0.25) is 10.3 Å². The molecular weight excluding hydrogens is 277 g/mol. The van der Waals surface area contributed by atoms with Crippen LogP contribution in [0.2, 0.25) is 0 Å². The number of aliphatic hydroxyl groups is 1. The van der Waals surface area contributed by atoms with Gasteiger partial charge in [0.25, 0.3) is 0 Å². The van der Waals surface area contributed by atoms with E-state index in [2.05, 4.69) is 10.3 Å². The number of rotatable bonds is 2. The molecule has 0 radical (unpaired) electrons. The zero-order chi connectivity index (χ0) is 15.6. The molecule has 1 atom stereocenters. The fourth-order valence-electron chi connectivity index (χ4n) is 1.29. The van der Waals surface area contributed by atoms with Crippen molar-refractivity contribution in [3.63, 3.8) is 0 Å². The number of amides is 1. The molecule has 0 aliphatic rings. The van der Waals surface area contributed by atoms with Gasteiger partial charge in [0.05, 0.1) is 11.9 Å². The monoisotopic (exact) mass is 292 g/mol. The molecule has 1 aromatic heterocycles. The lowest BCUT2D eigenvalue weighted by Gasteiger charge is -2.20. The predicted molar refractivity (Wildman–Crippen MR) is 65.1 cm³/mol. The molecule has 0 saturated heterocycles. The second-order valence-electron chi connectivity index (χ2n) is 5.08. The summed E-state index contributed by atoms with van der Waals surface area (Å²) in [7, 11) is 0. The summed E-state index contributed by atoms with van der Waals surface area (Å²) >= 11 is 0. The summed E-state index contributed by atoms with van der Waals surface area (Å²) < 4.78 is 42.0. The number of ether oxygens (including phenoxy) is 1. The molecule has 0 aliphatic carbocycles. The molecule has 1 aromatic rings. The van der Waals surface area contributed by atoms with E-state index < -0.39 is 29.5 Å². The minimum Gasteiger partial charge on any atom is -0.444 e. The lowest BCUT2D eigenvalue weighted by Crippen LogP contribution is -2.27. The van der Waals surface area contributed by atoms with Crippen LogP contribution in [0.25, 0.3) is 0 Å². The van der Waals surface area contributed by atoms with E-state index in [-0.39, 0.29) is 5.69 Å². The molecule has 2 N–H and O–H groups in total. The van der Waals surface area contributed by atoms with Gasteiger partial charge < -0.3 is 9.84 Å². The van der Waals surface area contributed by atoms with Crippen molar-refractivity contribution in [1.82, 2.24) is 4.98 Å². The number of pyridine rings is 1. The van der Waals surface area contributed by atoms with E-state index in [1.807, 2.05) is 0 Å². The van der Waals surface area contributed by atoms with Crippen molar-refractivity contribution in [3.8, 4) is 0 Å². The average Bonchev–Trinajstić information content (AvgIpc) is 2.24. The summed E-state index contributed by atoms with van der Waals surface area (Å²) in [5.74, 6) is 0. The molecule has 1 amide bonds. The highest BCUT2D eigenvalue weighted by Crippen LogP contribution is 2.32. The smallest absolute Gasteiger partial charge is 0.418 e. The van der Waals surface area contributed by atoms with Crippen LogP contribution in [0.5, 0.6) is 0 Å². The van der Waals surface area contributed by atoms with Crippen LogP contribution < -0.4 is 5.32 Å². The number of carbonyl (C=O) groups excluding carboxylic acids is 1. The van der Waals surface area contributed by atoms with Crippen molar-refractivity contribution in [1.29, 1.82) is 0 Å². The number of nitrogens with zero attached hydrogens (tertiary/aromatic N) is 1. The molecule has 5 nitrogen and oxygen atoms in total. The number of nitrogens with one attached hydrogen (secondary N) is 1. The number of hydrogen-bond acceptors (Lipinski definition) is 4. The minimum atomic E-state index is -4.80. The summed E-state index contributed by atoms with van der Waals surface area (Å²) in [5.41, 5.74) is -1.20. The van der Waals surface area contributed by atoms with Crippen LogP contribution in [0.3, 0.4) is 0 Å². The van der Waals surface area contributed by atoms with Crippen LogP contribution in [0.15, 0.2) is 18.5 Å². The number of anilines is 1. The fraction of sp³-hybridized carbons (Fsp3) is 0.500. The average molecular weight is 292 g/mol. The first-order valence-electron chi connectivity index (χ1n) is 5.69. The van der Waals surface area contributed by atoms with Crippen molar-refractivity contribution in [3.05, 3.63) is 24.0 Å². The second kappa shape index (κ2) is 5.66. The highest BCUT2D eigenvalue weighted by Gasteiger charge is 2.39. The van der Waals surface area contributed by atoms with Gasteiger partial charge in [0.2, 0.25) is 0 Å². The highest BCUT2D eigenvalue weighted by atomic mass is 19.4. The maximum atomic E-state index is 12.4. The Labute approximate surface area is 113 Å². The molecule has 1 heterocycles. The number of aromatic nitrogens is 1. The van der Waals surface area contributed by atoms with Gasteiger partial charge in [0, 0.05) is 11.8 Å². The van der Waals surface area contributed by atoms with E-state index in [9.17, 15) is 18.0 Å². The molecule has 112 valence electrons. The van der Waals surface area contributed by atoms with Gasteiger partial charge in [-0.15, -0.1) is 0 Å². The minimum absolute atomic E-state index is 0.0000463. The Bertz CT molecular complexity index is 484. The molecule has 1 rings (SSSR count). The number of hydrogen-bond donors (Lipinski definition) is 2. The zero-order valence-electron chi connectivity index (χ0n) is 11.2. The molecule has 0 aromatic carbocycles. The van der Waals surface area contributed by atoms with Gasteiger partial charge in [-0.2, -0.15) is 13.2 Å². The number of halogens is 3. The van der Waals surface area contributed by atoms with E-state index in [1.165, 1.54) is 0 Å². The van der Waals surface area contributed by atoms with Crippen LogP contribution in [-0.4, -0.2) is 28.0 Å². The predicted octanol–water partition coefficient (Wildman–Crippen LogP) is 3.02. The van der Waals surface area contributed by atoms with Crippen molar-refractivity contribution in [2.24, 2.45) is 0 Å². The van der Waals surface area contributed by atoms with Crippen LogP contribution in [0, 0.1) is 0 Å². The van der Waals surface area contributed by atoms with E-state index in [0.29, 0.717) is 0 Å². The van der Waals surface area contributed by atoms with E-state index in [0.717, 1.165) is 18.5 Å². The quantitative estimate of drug-likeness (QED) is 0.879. The topological polar surface area (TPSA) is 71.5 Å². The molecule has 1 unspecified atom stereocenters. The third-order valence-electron chi connectivity index (χ3n) is 2.03. The second-order valence-corrected chi connectivity index (χ2v) is 5.08. The summed E-state index contributed by atoms with van der Waals surface area (Å²) in [4.78, 5) is 15.0. The molecule has 20 heavy (non-hydrogen) atoms. The van der Waals surface area contributed by atoms with Crippen LogP contribution in [0.4, 0.5) is 23.7 Å². The molecule has 0 aliphatic heterocycles. The van der Waals surface area contributed by atoms with Crippen LogP contribution >= 0.6 is 0 Å². The van der Waals surface area contributed by atoms with Gasteiger partial charge >= 0.3 is 12.3 Å². The Hall–Kier alpha value is -1.83. The Morgan fingerprint density at radius 1 is 1.35 bits per heavy atom. The highest BCUT2D eigenvalue weighted by molar-refractivity contribution is 5.84. The molecule has 0 bridgehead atoms. The first-order chi connectivity index (χ1) is 8.99. The third-order valence-corrected chi connectivity index (χ3v) is 2.03. The standard InChI is InChI=1S/C12H15F3N2O3/c1-11(2,3)20-10(19)17-8-4-7(5-16-6-8)9(18)12(13,14)15/h4-6,9,18H,1-3H3,(H,17,19). The van der Waals surface area contributed by atoms with Crippen LogP contribution in [-0.2, 0) is 4.74 Å². The molecule has 0 saturated carbocycles. The Kier molecular flexibility index (Phi) is 4.59. The van der Waals surface area contributed by atoms with E-state index in [1.54, 1.807) is 20.8 Å². The van der Waals surface area contributed by atoms with Gasteiger partial charge in [0.1, 0.15) is 5.60 Å². The van der Waals surface area contributed by atoms with Gasteiger partial charge in [0.15, 0.2) is 6.10 Å². The lowest BCUT2D eigenvalue weighted by molar-refractivity contribution is -0.206. The summed E-state index contributed by atoms with van der Waals surface area (Å²) in [6.45, 7) is 4.94. The maximum Gasteiger partial charge on any atom is 0.418 e. The summed E-state index contributed by atoms with van der Waals surface area (Å²) in [5, 5.41) is 11.3. The molecule has 8 heteroatoms. The van der Waals surface area contributed by atoms with Gasteiger partial charge in [-0.25, -0.2) is 4.79 Å². The maximum absolute atomic E-state index is 12.4. The first-order valence-corrected chi connectivity index (χ1v) is 5.69. The van der Waals surface area contributed by atoms with Crippen molar-refractivity contribution < 1.29 is 27.8 Å². The Morgan fingerprint density at radius 2 is 1.95 bits per heavy atom. The first kappa shape index (κ1) is 16.2. The van der Waals surface area contributed by atoms with Crippen molar-refractivity contribution >= 4 is 11.8 Å². The normalized spacial score (nSPS) is 13.8. The number of aliphatic hydroxyl groups excluding tert-OH is 1. The number of alkyl halides is 3. The van der Waals surface area contributed by atoms with Crippen molar-refractivity contribution in [2.75, 3.05) is 5.32 Å². The molecule has 0 spiro atoms. The van der Waals surface area contributed by atoms with E-state index >= 15 is 0 Å². The van der Waals surface area contributed by atoms with Gasteiger partial charge in [-0.1, -0.05) is 0 Å². The third kappa shape index (κ3) is 5.04. The van der Waals surface area contributed by atoms with E-state index in [4.69, 9.17) is 9.84 Å². The number of carbonyl (C=O) groups is 1. The van der Waals surface area contributed by atoms with Crippen LogP contribution in [0.1, 0.15) is 32.4 Å². The van der Waals surface area contributed by atoms with Crippen molar-refractivity contribution in [2.45, 2.75) is 38.7 Å². The lowest BCUT2D eigenvalue weighted by atomic mass is 10.1. The van der Waals surface area contributed by atoms with Gasteiger partial charge in [-0.05, 0) is 26.8 Å². The summed E-state index contributed by atoms with van der Waals surface area (Å²) in [6.07, 6.45) is -6.26. The zero-order valence-corrected chi connectivity index (χ0v) is 11.2. The molecular formula is C12H15F3N2O3.